The predicted octanol–water partition coefficient (Wildman–Crippen LogP) is 12.5. The van der Waals surface area contributed by atoms with E-state index in [1.807, 2.05) is 0 Å². The van der Waals surface area contributed by atoms with E-state index in [0.717, 1.165) is 118 Å². The average molecular weight is 595 g/mol. The molecule has 0 N–H and O–H groups in total. The molecule has 8 bridgehead atoms. The van der Waals surface area contributed by atoms with Gasteiger partial charge < -0.3 is 0 Å². The second kappa shape index (κ2) is 11.0. The first-order valence-corrected chi connectivity index (χ1v) is 19.6. The molecule has 0 aromatic heterocycles. The molecule has 0 aromatic rings. The zero-order valence-corrected chi connectivity index (χ0v) is 32.5. The standard InChI is InChI=1S/C43H78/c1-21-19-34-30(10)37(21)41(13,14)35-20-33(23(3)24(35)4)29(9)36-25(5)22(2)26(6)38(31(36)11)43(17,18)40-28(8)27(7)39(32(40)12)42(34,15)16/h21-40H,19-20H2,1-18H3/t21-,22-,23-,24+,25+,26-,27+,28-,29-,30+,31+,32+,33+,34+,35-,36-,37-,38-,39+,40-/m1/s1. The summed E-state index contributed by atoms with van der Waals surface area (Å²) in [6.45, 7) is 48.9. The Bertz CT molecular complexity index is 1000. The third kappa shape index (κ3) is 4.67. The molecule has 250 valence electrons. The number of fused-ring (bicyclic) bond motifs is 8. The van der Waals surface area contributed by atoms with E-state index in [2.05, 4.69) is 125 Å². The zero-order chi connectivity index (χ0) is 32.5. The van der Waals surface area contributed by atoms with E-state index in [1.165, 1.54) is 12.8 Å². The molecule has 0 saturated heterocycles. The van der Waals surface area contributed by atoms with Gasteiger partial charge in [0.15, 0.2) is 0 Å². The van der Waals surface area contributed by atoms with E-state index in [-0.39, 0.29) is 0 Å². The van der Waals surface area contributed by atoms with Gasteiger partial charge in [0.25, 0.3) is 0 Å². The first-order valence-electron chi connectivity index (χ1n) is 19.6. The van der Waals surface area contributed by atoms with Crippen LogP contribution in [0, 0.1) is 135 Å². The molecule has 0 aromatic carbocycles. The lowest BCUT2D eigenvalue weighted by Crippen LogP contribution is -2.53. The average Bonchev–Trinajstić information content (AvgIpc) is 3.45. The molecule has 0 heteroatoms. The van der Waals surface area contributed by atoms with Crippen molar-refractivity contribution in [2.45, 2.75) is 137 Å². The van der Waals surface area contributed by atoms with Crippen molar-refractivity contribution in [3.05, 3.63) is 0 Å². The van der Waals surface area contributed by atoms with Crippen molar-refractivity contribution in [2.24, 2.45) is 135 Å². The molecule has 5 fully saturated rings. The highest BCUT2D eigenvalue weighted by Gasteiger charge is 2.64. The monoisotopic (exact) mass is 595 g/mol. The van der Waals surface area contributed by atoms with Crippen molar-refractivity contribution in [2.75, 3.05) is 0 Å². The van der Waals surface area contributed by atoms with Crippen molar-refractivity contribution in [3.8, 4) is 0 Å². The zero-order valence-electron chi connectivity index (χ0n) is 32.5. The molecule has 5 aliphatic carbocycles. The summed E-state index contributed by atoms with van der Waals surface area (Å²) in [4.78, 5) is 0. The highest BCUT2D eigenvalue weighted by atomic mass is 14.7. The van der Waals surface area contributed by atoms with E-state index in [4.69, 9.17) is 0 Å². The lowest BCUT2D eigenvalue weighted by molar-refractivity contribution is -0.109. The summed E-state index contributed by atoms with van der Waals surface area (Å²) >= 11 is 0. The number of hydrogen-bond donors (Lipinski definition) is 0. The van der Waals surface area contributed by atoms with Gasteiger partial charge in [-0.25, -0.2) is 0 Å². The van der Waals surface area contributed by atoms with Crippen LogP contribution in [0.5, 0.6) is 0 Å². The van der Waals surface area contributed by atoms with Gasteiger partial charge in [0.2, 0.25) is 0 Å². The Morgan fingerprint density at radius 2 is 0.767 bits per heavy atom. The Hall–Kier alpha value is 0. The lowest BCUT2D eigenvalue weighted by Gasteiger charge is -2.59. The van der Waals surface area contributed by atoms with Crippen LogP contribution in [-0.2, 0) is 0 Å². The highest BCUT2D eigenvalue weighted by Crippen LogP contribution is 2.69. The maximum atomic E-state index is 2.77. The normalized spacial score (nSPS) is 59.3. The van der Waals surface area contributed by atoms with Crippen LogP contribution in [0.2, 0.25) is 0 Å². The number of hydrogen-bond acceptors (Lipinski definition) is 0. The molecule has 5 aliphatic rings. The Morgan fingerprint density at radius 1 is 0.326 bits per heavy atom. The van der Waals surface area contributed by atoms with Crippen LogP contribution in [-0.4, -0.2) is 0 Å². The molecule has 43 heavy (non-hydrogen) atoms. The molecule has 0 radical (unpaired) electrons. The summed E-state index contributed by atoms with van der Waals surface area (Å²) in [6, 6.07) is 0. The van der Waals surface area contributed by atoms with E-state index in [0.29, 0.717) is 16.2 Å². The Labute approximate surface area is 271 Å². The van der Waals surface area contributed by atoms with Crippen LogP contribution in [0.4, 0.5) is 0 Å². The smallest absolute Gasteiger partial charge is 0.0287 e. The van der Waals surface area contributed by atoms with E-state index >= 15 is 0 Å². The minimum absolute atomic E-state index is 0.358. The van der Waals surface area contributed by atoms with Crippen LogP contribution < -0.4 is 0 Å². The van der Waals surface area contributed by atoms with Gasteiger partial charge in [-0.1, -0.05) is 125 Å². The van der Waals surface area contributed by atoms with Gasteiger partial charge in [-0.3, -0.25) is 0 Å². The van der Waals surface area contributed by atoms with Crippen LogP contribution in [0.3, 0.4) is 0 Å². The Balaban J connectivity index is 1.70. The minimum atomic E-state index is 0.358. The second-order valence-corrected chi connectivity index (χ2v) is 20.9. The summed E-state index contributed by atoms with van der Waals surface area (Å²) in [5.74, 6) is 16.4. The first-order chi connectivity index (χ1) is 19.6. The van der Waals surface area contributed by atoms with Crippen molar-refractivity contribution < 1.29 is 0 Å². The van der Waals surface area contributed by atoms with Gasteiger partial charge >= 0.3 is 0 Å². The largest absolute Gasteiger partial charge is 0.0622 e. The molecular formula is C43H78. The van der Waals surface area contributed by atoms with Crippen LogP contribution in [0.25, 0.3) is 0 Å². The van der Waals surface area contributed by atoms with Crippen LogP contribution >= 0.6 is 0 Å². The maximum absolute atomic E-state index is 2.77. The van der Waals surface area contributed by atoms with E-state index in [1.54, 1.807) is 0 Å². The van der Waals surface area contributed by atoms with Gasteiger partial charge in [0, 0.05) is 0 Å². The molecule has 5 saturated carbocycles. The summed E-state index contributed by atoms with van der Waals surface area (Å²) in [6.07, 6.45) is 2.93. The molecule has 20 atom stereocenters. The second-order valence-electron chi connectivity index (χ2n) is 20.9. The lowest BCUT2D eigenvalue weighted by atomic mass is 9.46. The van der Waals surface area contributed by atoms with Gasteiger partial charge in [0.1, 0.15) is 0 Å². The van der Waals surface area contributed by atoms with Gasteiger partial charge in [-0.15, -0.1) is 0 Å². The first kappa shape index (κ1) is 34.3. The molecule has 5 rings (SSSR count). The molecule has 0 nitrogen and oxygen atoms in total. The van der Waals surface area contributed by atoms with Crippen LogP contribution in [0.15, 0.2) is 0 Å². The van der Waals surface area contributed by atoms with Crippen molar-refractivity contribution in [1.82, 2.24) is 0 Å². The van der Waals surface area contributed by atoms with Crippen molar-refractivity contribution in [3.63, 3.8) is 0 Å². The fourth-order valence-electron chi connectivity index (χ4n) is 17.3. The number of rotatable bonds is 0. The third-order valence-corrected chi connectivity index (χ3v) is 18.8. The van der Waals surface area contributed by atoms with E-state index < -0.39 is 0 Å². The topological polar surface area (TPSA) is 0 Å². The Morgan fingerprint density at radius 3 is 1.33 bits per heavy atom. The fourth-order valence-corrected chi connectivity index (χ4v) is 17.3. The van der Waals surface area contributed by atoms with Gasteiger partial charge in [-0.2, -0.15) is 0 Å². The third-order valence-electron chi connectivity index (χ3n) is 18.8. The predicted molar refractivity (Wildman–Crippen MR) is 188 cm³/mol. The van der Waals surface area contributed by atoms with E-state index in [9.17, 15) is 0 Å². The van der Waals surface area contributed by atoms with Crippen molar-refractivity contribution >= 4 is 0 Å². The van der Waals surface area contributed by atoms with Gasteiger partial charge in [-0.05, 0) is 147 Å². The summed E-state index contributed by atoms with van der Waals surface area (Å²) in [5, 5.41) is 0. The molecule has 0 amide bonds. The summed E-state index contributed by atoms with van der Waals surface area (Å²) < 4.78 is 0. The van der Waals surface area contributed by atoms with Gasteiger partial charge in [0.05, 0.1) is 0 Å². The molecule has 0 heterocycles. The summed E-state index contributed by atoms with van der Waals surface area (Å²) in [5.41, 5.74) is 1.14. The SMILES string of the molecule is C[C@H]1[C@@H](C)[C@@H]2[C@@H](C)[C@@H]([C@H](C)[C@H]3C[C@H]([C@@H](C)[C@H]3C)C(C)(C)[C@H]3[C@@H](C)[C@H](C[C@H]3C)C(C)(C)[C@@H]3[C@H](C)[C@@H]([C@H](C)[C@@H]3C)C2(C)C)[C@H]1C. The fraction of sp³-hybridized carbons (Fsp3) is 1.00. The molecule has 0 unspecified atom stereocenters. The molecule has 0 aliphatic heterocycles. The molecular weight excluding hydrogens is 516 g/mol. The summed E-state index contributed by atoms with van der Waals surface area (Å²) in [7, 11) is 0. The molecule has 0 spiro atoms. The van der Waals surface area contributed by atoms with Crippen LogP contribution in [0.1, 0.15) is 137 Å². The Kier molecular flexibility index (Phi) is 8.81. The van der Waals surface area contributed by atoms with Crippen molar-refractivity contribution in [1.29, 1.82) is 0 Å². The maximum Gasteiger partial charge on any atom is -0.0287 e. The highest BCUT2D eigenvalue weighted by molar-refractivity contribution is 5.12. The minimum Gasteiger partial charge on any atom is -0.0622 e. The quantitative estimate of drug-likeness (QED) is 0.262.